The highest BCUT2D eigenvalue weighted by molar-refractivity contribution is 8.14. The van der Waals surface area contributed by atoms with Gasteiger partial charge in [0.15, 0.2) is 12.6 Å². The molecule has 0 amide bonds. The summed E-state index contributed by atoms with van der Waals surface area (Å²) in [6.07, 6.45) is -8.93. The van der Waals surface area contributed by atoms with E-state index in [2.05, 4.69) is 20.6 Å². The number of aromatic nitrogens is 6. The predicted octanol–water partition coefficient (Wildman–Crippen LogP) is 2.52. The first-order valence-electron chi connectivity index (χ1n) is 22.8. The molecule has 2 saturated heterocycles. The molecule has 6 heterocycles. The zero-order chi connectivity index (χ0) is 52.2. The number of aliphatic hydroxyl groups is 8. The summed E-state index contributed by atoms with van der Waals surface area (Å²) >= 11 is 2.25. The Kier molecular flexibility index (Phi) is 13.5. The number of allylic oxidation sites excluding steroid dienone is 4. The average molecular weight is 1070 g/mol. The number of aliphatic hydroxyl groups excluding tert-OH is 8. The molecule has 2 aliphatic carbocycles. The van der Waals surface area contributed by atoms with Gasteiger partial charge in [-0.25, -0.2) is 9.36 Å². The van der Waals surface area contributed by atoms with Gasteiger partial charge in [0.25, 0.3) is 0 Å². The zero-order valence-electron chi connectivity index (χ0n) is 38.4. The molecule has 392 valence electrons. The maximum Gasteiger partial charge on any atom is 0.380 e. The van der Waals surface area contributed by atoms with Gasteiger partial charge in [-0.1, -0.05) is 59.0 Å². The zero-order valence-corrected chi connectivity index (χ0v) is 40.1. The molecule has 0 radical (unpaired) electrons. The number of hydrogen-bond donors (Lipinski definition) is 8. The van der Waals surface area contributed by atoms with Crippen LogP contribution in [0.4, 0.5) is 26.3 Å². The second kappa shape index (κ2) is 18.9. The summed E-state index contributed by atoms with van der Waals surface area (Å²) in [4.78, 5) is 0.799. The number of alkyl halides is 6. The molecule has 10 rings (SSSR count). The summed E-state index contributed by atoms with van der Waals surface area (Å²) in [5.74, 6) is -16.2. The minimum absolute atomic E-state index is 0.192. The van der Waals surface area contributed by atoms with E-state index in [4.69, 9.17) is 18.9 Å². The second-order valence-electron chi connectivity index (χ2n) is 18.8. The van der Waals surface area contributed by atoms with Crippen LogP contribution in [0.5, 0.6) is 0 Å². The van der Waals surface area contributed by atoms with Crippen molar-refractivity contribution in [3.63, 3.8) is 0 Å². The van der Waals surface area contributed by atoms with E-state index in [1.54, 1.807) is 74.8 Å². The van der Waals surface area contributed by atoms with Crippen molar-refractivity contribution in [3.05, 3.63) is 129 Å². The van der Waals surface area contributed by atoms with Crippen molar-refractivity contribution in [1.82, 2.24) is 30.0 Å². The second-order valence-corrected chi connectivity index (χ2v) is 21.7. The number of ether oxygens (including phenoxy) is 4. The lowest BCUT2D eigenvalue weighted by atomic mass is 9.71. The van der Waals surface area contributed by atoms with Gasteiger partial charge in [0.05, 0.1) is 61.4 Å². The van der Waals surface area contributed by atoms with Crippen LogP contribution in [-0.2, 0) is 45.3 Å². The standard InChI is InChI=1S/C47H48F6N6O12S2/c1-43-27(11-31(72-43)23-7-3-21(4-8-23)13-58-15-25(54-56-58)19-68-41-39(66)37(64)35(62)29(17-60)70-41)33-34(46(50,51)47(52,53)45(33,48)49)28-12-32(73-44(28,43)2)24-9-5-22(6-10-24)14-59-16-26(55-57-59)20-69-42-40(67)38(65)36(63)30(18-61)71-42/h3-12,15-16,29-30,35-42,60-67H,13-14,17-20H2,1-2H3/t29-,30-,35-,36-,37+,38+,39-,40-,41-,42-,43?,44?/m1/s1. The van der Waals surface area contributed by atoms with Crippen molar-refractivity contribution in [2.75, 3.05) is 13.2 Å². The smallest absolute Gasteiger partial charge is 0.380 e. The maximum atomic E-state index is 16.1. The highest BCUT2D eigenvalue weighted by atomic mass is 32.2. The van der Waals surface area contributed by atoms with Gasteiger partial charge in [-0.05, 0) is 59.4 Å². The van der Waals surface area contributed by atoms with Crippen LogP contribution in [0.15, 0.2) is 95.4 Å². The first-order valence-corrected chi connectivity index (χ1v) is 24.4. The molecule has 73 heavy (non-hydrogen) atoms. The van der Waals surface area contributed by atoms with E-state index in [0.29, 0.717) is 43.5 Å². The minimum atomic E-state index is -5.73. The van der Waals surface area contributed by atoms with Crippen molar-refractivity contribution in [3.8, 4) is 0 Å². The molecular formula is C47H48F6N6O12S2. The number of fused-ring (bicyclic) bond motifs is 4. The lowest BCUT2D eigenvalue weighted by Gasteiger charge is -2.47. The quantitative estimate of drug-likeness (QED) is 0.0844. The fourth-order valence-electron chi connectivity index (χ4n) is 9.83. The van der Waals surface area contributed by atoms with Crippen LogP contribution in [0.1, 0.15) is 47.5 Å². The Morgan fingerprint density at radius 3 is 1.29 bits per heavy atom. The molecule has 4 aromatic rings. The molecule has 2 aromatic heterocycles. The van der Waals surface area contributed by atoms with Gasteiger partial charge in [0.1, 0.15) is 60.2 Å². The van der Waals surface area contributed by atoms with Gasteiger partial charge < -0.3 is 59.8 Å². The SMILES string of the molecule is CC12SC(c3ccc(Cn4cc(CO[C@@H]5O[C@H](CO)[C@@H](O)[C@H](O)[C@H]5O)nn4)cc3)=CC1=C1C(=C3C=C(c4ccc(Cn5cc(CO[C@@H]6O[C@H](CO)[C@@H](O)[C@H](O)[C@H]6O)nn5)cc4)SC32C)C(F)(F)C(F)(F)C1(F)F. The van der Waals surface area contributed by atoms with Crippen molar-refractivity contribution < 1.29 is 86.1 Å². The first kappa shape index (κ1) is 51.9. The van der Waals surface area contributed by atoms with Crippen LogP contribution < -0.4 is 0 Å². The molecule has 0 spiro atoms. The molecule has 3 fully saturated rings. The van der Waals surface area contributed by atoms with Crippen molar-refractivity contribution in [1.29, 1.82) is 0 Å². The summed E-state index contributed by atoms with van der Waals surface area (Å²) < 4.78 is 117. The van der Waals surface area contributed by atoms with E-state index in [9.17, 15) is 40.9 Å². The number of nitrogens with zero attached hydrogens (tertiary/aromatic N) is 6. The van der Waals surface area contributed by atoms with Crippen molar-refractivity contribution in [2.45, 2.75) is 129 Å². The van der Waals surface area contributed by atoms with E-state index in [1.807, 2.05) is 0 Å². The van der Waals surface area contributed by atoms with Crippen LogP contribution in [-0.4, -0.2) is 173 Å². The Bertz CT molecular complexity index is 2690. The largest absolute Gasteiger partial charge is 0.394 e. The van der Waals surface area contributed by atoms with Gasteiger partial charge in [-0.3, -0.25) is 0 Å². The third-order valence-corrected chi connectivity index (χ3v) is 17.5. The molecular weight excluding hydrogens is 1020 g/mol. The normalized spacial score (nSPS) is 34.2. The molecule has 2 unspecified atom stereocenters. The van der Waals surface area contributed by atoms with Crippen LogP contribution in [0.25, 0.3) is 9.81 Å². The van der Waals surface area contributed by atoms with Gasteiger partial charge in [-0.2, -0.15) is 26.3 Å². The van der Waals surface area contributed by atoms with Crippen LogP contribution >= 0.6 is 23.5 Å². The predicted molar refractivity (Wildman–Crippen MR) is 245 cm³/mol. The Labute approximate surface area is 419 Å². The van der Waals surface area contributed by atoms with Crippen molar-refractivity contribution in [2.24, 2.45) is 0 Å². The summed E-state index contributed by atoms with van der Waals surface area (Å²) in [5, 5.41) is 95.8. The molecule has 1 saturated carbocycles. The van der Waals surface area contributed by atoms with E-state index < -0.39 is 113 Å². The Hall–Kier alpha value is -4.52. The highest BCUT2D eigenvalue weighted by Gasteiger charge is 2.84. The van der Waals surface area contributed by atoms with Gasteiger partial charge in [-0.15, -0.1) is 33.7 Å². The van der Waals surface area contributed by atoms with Gasteiger partial charge >= 0.3 is 17.8 Å². The number of rotatable bonds is 14. The van der Waals surface area contributed by atoms with Gasteiger partial charge in [0, 0.05) is 21.0 Å². The summed E-state index contributed by atoms with van der Waals surface area (Å²) in [6, 6.07) is 13.7. The van der Waals surface area contributed by atoms with E-state index in [-0.39, 0.29) is 37.4 Å². The van der Waals surface area contributed by atoms with E-state index in [0.717, 1.165) is 23.5 Å². The molecule has 18 nitrogen and oxygen atoms in total. The number of halogens is 6. The lowest BCUT2D eigenvalue weighted by molar-refractivity contribution is -0.304. The number of thioether (sulfide) groups is 2. The van der Waals surface area contributed by atoms with E-state index in [1.165, 1.54) is 21.5 Å². The minimum Gasteiger partial charge on any atom is -0.394 e. The maximum absolute atomic E-state index is 16.1. The highest BCUT2D eigenvalue weighted by Crippen LogP contribution is 2.75. The third-order valence-electron chi connectivity index (χ3n) is 14.1. The molecule has 4 aliphatic heterocycles. The monoisotopic (exact) mass is 1070 g/mol. The van der Waals surface area contributed by atoms with Crippen molar-refractivity contribution >= 4 is 33.3 Å². The third kappa shape index (κ3) is 8.50. The topological polar surface area (TPSA) is 260 Å². The fourth-order valence-corrected chi connectivity index (χ4v) is 13.0. The molecule has 8 N–H and O–H groups in total. The summed E-state index contributed by atoms with van der Waals surface area (Å²) in [6.45, 7) is 1.91. The molecule has 6 aliphatic rings. The number of benzene rings is 2. The van der Waals surface area contributed by atoms with Crippen LogP contribution in [0, 0.1) is 0 Å². The molecule has 2 aromatic carbocycles. The van der Waals surface area contributed by atoms with Gasteiger partial charge in [0.2, 0.25) is 0 Å². The molecule has 12 atom stereocenters. The Balaban J connectivity index is 0.844. The Morgan fingerprint density at radius 2 is 0.932 bits per heavy atom. The Morgan fingerprint density at radius 1 is 0.562 bits per heavy atom. The summed E-state index contributed by atoms with van der Waals surface area (Å²) in [5.41, 5.74) is -0.313. The first-order chi connectivity index (χ1) is 34.5. The lowest BCUT2D eigenvalue weighted by Crippen LogP contribution is -2.59. The average Bonchev–Trinajstić information content (AvgIpc) is 4.19. The van der Waals surface area contributed by atoms with E-state index >= 15 is 26.3 Å². The molecule has 0 bridgehead atoms. The van der Waals surface area contributed by atoms with Crippen LogP contribution in [0.2, 0.25) is 0 Å². The molecule has 26 heteroatoms. The van der Waals surface area contributed by atoms with Crippen LogP contribution in [0.3, 0.4) is 0 Å². The fraction of sp³-hybridized carbons (Fsp3) is 0.489. The number of hydrogen-bond acceptors (Lipinski definition) is 18. The summed E-state index contributed by atoms with van der Waals surface area (Å²) in [7, 11) is 0.